The van der Waals surface area contributed by atoms with E-state index in [9.17, 15) is 14.3 Å². The molecule has 2 heterocycles. The van der Waals surface area contributed by atoms with Gasteiger partial charge in [-0.3, -0.25) is 4.90 Å². The van der Waals surface area contributed by atoms with E-state index in [4.69, 9.17) is 23.2 Å². The quantitative estimate of drug-likeness (QED) is 0.388. The number of carbonyl (C=O) groups is 1. The van der Waals surface area contributed by atoms with Gasteiger partial charge in [0.2, 0.25) is 5.28 Å². The second kappa shape index (κ2) is 7.39. The minimum atomic E-state index is -0.974. The molecule has 10 heteroatoms. The maximum absolute atomic E-state index is 14.8. The van der Waals surface area contributed by atoms with Crippen molar-refractivity contribution in [2.75, 3.05) is 18.0 Å². The summed E-state index contributed by atoms with van der Waals surface area (Å²) in [7, 11) is 0. The Morgan fingerprint density at radius 2 is 2.00 bits per heavy atom. The van der Waals surface area contributed by atoms with Gasteiger partial charge < -0.3 is 10.0 Å². The first-order valence-corrected chi connectivity index (χ1v) is 10.6. The van der Waals surface area contributed by atoms with E-state index in [0.717, 1.165) is 0 Å². The van der Waals surface area contributed by atoms with Crippen molar-refractivity contribution >= 4 is 61.9 Å². The fraction of sp³-hybridized carbons (Fsp3) is 0.526. The third-order valence-electron chi connectivity index (χ3n) is 5.86. The Balaban J connectivity index is 2.22. The molecule has 1 amide bonds. The predicted molar refractivity (Wildman–Crippen MR) is 117 cm³/mol. The summed E-state index contributed by atoms with van der Waals surface area (Å²) in [6, 6.07) is 1.27. The fourth-order valence-electron chi connectivity index (χ4n) is 3.93. The number of aromatic nitrogens is 2. The molecular weight excluding hydrogens is 486 g/mol. The summed E-state index contributed by atoms with van der Waals surface area (Å²) in [5.41, 5.74) is -1.06. The van der Waals surface area contributed by atoms with E-state index in [1.54, 1.807) is 6.07 Å². The molecule has 2 aromatic rings. The van der Waals surface area contributed by atoms with Gasteiger partial charge >= 0.3 is 6.09 Å². The maximum Gasteiger partial charge on any atom is 0.408 e. The molecule has 0 aliphatic carbocycles. The average Bonchev–Trinajstić information content (AvgIpc) is 2.58. The Kier molecular flexibility index (Phi) is 5.69. The lowest BCUT2D eigenvalue weighted by Gasteiger charge is -2.57. The van der Waals surface area contributed by atoms with E-state index >= 15 is 0 Å². The largest absolute Gasteiger partial charge is 0.465 e. The Hall–Kier alpha value is -1.38. The minimum Gasteiger partial charge on any atom is -0.465 e. The van der Waals surface area contributed by atoms with Gasteiger partial charge in [-0.25, -0.2) is 14.2 Å². The van der Waals surface area contributed by atoms with Crippen LogP contribution in [0.2, 0.25) is 10.3 Å². The Labute approximate surface area is 187 Å². The van der Waals surface area contributed by atoms with E-state index in [0.29, 0.717) is 24.3 Å². The SMILES string of the molecule is C[C@@H]1CN(c2nc(Cl)nc3c(F)c(Br)c(Cl)cc23)C[C@](C)(C(C)(C)C)N1C(=O)O. The summed E-state index contributed by atoms with van der Waals surface area (Å²) >= 11 is 15.4. The molecule has 1 aromatic heterocycles. The number of halogens is 4. The number of piperazine rings is 1. The number of carboxylic acid groups (broad SMARTS) is 1. The van der Waals surface area contributed by atoms with Crippen LogP contribution in [0.15, 0.2) is 10.5 Å². The first-order chi connectivity index (χ1) is 13.3. The van der Waals surface area contributed by atoms with Gasteiger partial charge in [0, 0.05) is 18.5 Å². The summed E-state index contributed by atoms with van der Waals surface area (Å²) in [6.45, 7) is 10.5. The van der Waals surface area contributed by atoms with Gasteiger partial charge in [-0.15, -0.1) is 0 Å². The van der Waals surface area contributed by atoms with Crippen molar-refractivity contribution in [3.05, 3.63) is 26.7 Å². The highest BCUT2D eigenvalue weighted by Crippen LogP contribution is 2.43. The van der Waals surface area contributed by atoms with Gasteiger partial charge in [0.05, 0.1) is 21.1 Å². The van der Waals surface area contributed by atoms with Crippen LogP contribution in [0, 0.1) is 11.2 Å². The van der Waals surface area contributed by atoms with Gasteiger partial charge in [-0.05, 0) is 52.9 Å². The van der Waals surface area contributed by atoms with Crippen molar-refractivity contribution in [2.45, 2.75) is 46.2 Å². The topological polar surface area (TPSA) is 69.6 Å². The van der Waals surface area contributed by atoms with Gasteiger partial charge in [-0.1, -0.05) is 32.4 Å². The lowest BCUT2D eigenvalue weighted by atomic mass is 9.71. The molecule has 0 saturated carbocycles. The van der Waals surface area contributed by atoms with Crippen molar-refractivity contribution < 1.29 is 14.3 Å². The number of rotatable bonds is 1. The van der Waals surface area contributed by atoms with E-state index in [2.05, 4.69) is 25.9 Å². The summed E-state index contributed by atoms with van der Waals surface area (Å²) in [5.74, 6) is -0.186. The zero-order valence-electron chi connectivity index (χ0n) is 16.7. The molecule has 0 spiro atoms. The highest BCUT2D eigenvalue weighted by Gasteiger charge is 2.51. The molecule has 158 valence electrons. The van der Waals surface area contributed by atoms with Crippen molar-refractivity contribution in [3.8, 4) is 0 Å². The van der Waals surface area contributed by atoms with Crippen LogP contribution in [-0.4, -0.2) is 50.7 Å². The molecule has 0 unspecified atom stereocenters. The number of anilines is 1. The molecule has 0 radical (unpaired) electrons. The van der Waals surface area contributed by atoms with Crippen LogP contribution in [0.4, 0.5) is 15.0 Å². The average molecular weight is 508 g/mol. The van der Waals surface area contributed by atoms with Gasteiger partial charge in [0.15, 0.2) is 5.82 Å². The molecule has 6 nitrogen and oxygen atoms in total. The first-order valence-electron chi connectivity index (χ1n) is 9.06. The third kappa shape index (κ3) is 3.64. The molecule has 1 aliphatic rings. The van der Waals surface area contributed by atoms with Crippen LogP contribution in [0.3, 0.4) is 0 Å². The molecule has 0 bridgehead atoms. The lowest BCUT2D eigenvalue weighted by molar-refractivity contribution is -0.0171. The van der Waals surface area contributed by atoms with Gasteiger partial charge in [-0.2, -0.15) is 4.98 Å². The molecule has 3 rings (SSSR count). The van der Waals surface area contributed by atoms with Crippen molar-refractivity contribution in [1.29, 1.82) is 0 Å². The number of hydrogen-bond acceptors (Lipinski definition) is 4. The normalized spacial score (nSPS) is 23.0. The third-order valence-corrected chi connectivity index (χ3v) is 7.33. The van der Waals surface area contributed by atoms with Crippen LogP contribution in [0.1, 0.15) is 34.6 Å². The number of benzene rings is 1. The van der Waals surface area contributed by atoms with E-state index in [1.165, 1.54) is 4.90 Å². The summed E-state index contributed by atoms with van der Waals surface area (Å²) in [5, 5.41) is 10.4. The van der Waals surface area contributed by atoms with E-state index in [1.807, 2.05) is 39.5 Å². The Morgan fingerprint density at radius 3 is 2.55 bits per heavy atom. The minimum absolute atomic E-state index is 0.0575. The maximum atomic E-state index is 14.8. The molecule has 1 fully saturated rings. The second-order valence-corrected chi connectivity index (χ2v) is 10.1. The number of amides is 1. The van der Waals surface area contributed by atoms with E-state index in [-0.39, 0.29) is 31.8 Å². The summed E-state index contributed by atoms with van der Waals surface area (Å²) < 4.78 is 14.9. The van der Waals surface area contributed by atoms with Crippen LogP contribution in [-0.2, 0) is 0 Å². The highest BCUT2D eigenvalue weighted by molar-refractivity contribution is 9.10. The van der Waals surface area contributed by atoms with Crippen LogP contribution in [0.25, 0.3) is 10.9 Å². The predicted octanol–water partition coefficient (Wildman–Crippen LogP) is 5.83. The molecule has 1 aliphatic heterocycles. The van der Waals surface area contributed by atoms with Crippen molar-refractivity contribution in [3.63, 3.8) is 0 Å². The van der Waals surface area contributed by atoms with Crippen molar-refractivity contribution in [2.24, 2.45) is 5.41 Å². The Bertz CT molecular complexity index is 1000. The number of hydrogen-bond donors (Lipinski definition) is 1. The molecular formula is C19H22BrCl2FN4O2. The fourth-order valence-corrected chi connectivity index (χ4v) is 4.59. The first kappa shape index (κ1) is 22.3. The summed E-state index contributed by atoms with van der Waals surface area (Å²) in [6.07, 6.45) is -0.974. The van der Waals surface area contributed by atoms with E-state index < -0.39 is 17.4 Å². The molecule has 1 saturated heterocycles. The van der Waals surface area contributed by atoms with Crippen LogP contribution < -0.4 is 4.90 Å². The van der Waals surface area contributed by atoms with Crippen LogP contribution in [0.5, 0.6) is 0 Å². The zero-order chi connectivity index (χ0) is 21.9. The zero-order valence-corrected chi connectivity index (χ0v) is 19.8. The lowest BCUT2D eigenvalue weighted by Crippen LogP contribution is -2.70. The second-order valence-electron chi connectivity index (χ2n) is 8.60. The number of nitrogens with zero attached hydrogens (tertiary/aromatic N) is 4. The molecule has 1 aromatic carbocycles. The van der Waals surface area contributed by atoms with Crippen molar-refractivity contribution in [1.82, 2.24) is 14.9 Å². The molecule has 2 atom stereocenters. The summed E-state index contributed by atoms with van der Waals surface area (Å²) in [4.78, 5) is 23.9. The number of fused-ring (bicyclic) bond motifs is 1. The Morgan fingerprint density at radius 1 is 1.38 bits per heavy atom. The molecule has 29 heavy (non-hydrogen) atoms. The van der Waals surface area contributed by atoms with Crippen LogP contribution >= 0.6 is 39.1 Å². The molecule has 1 N–H and O–H groups in total. The monoisotopic (exact) mass is 506 g/mol. The van der Waals surface area contributed by atoms with Gasteiger partial charge in [0.1, 0.15) is 11.3 Å². The highest BCUT2D eigenvalue weighted by atomic mass is 79.9. The smallest absolute Gasteiger partial charge is 0.408 e. The standard InChI is InChI=1S/C19H22BrCl2FN4O2/c1-9-7-26(8-19(5,18(2,3)4)27(9)17(28)29)15-10-6-11(21)12(20)13(23)14(10)24-16(22)25-15/h6,9H,7-8H2,1-5H3,(H,28,29)/t9-,19-/m1/s1. The van der Waals surface area contributed by atoms with Gasteiger partial charge in [0.25, 0.3) is 0 Å².